The van der Waals surface area contributed by atoms with E-state index in [1.165, 1.54) is 12.1 Å². The Balaban J connectivity index is 2.70. The summed E-state index contributed by atoms with van der Waals surface area (Å²) in [7, 11) is 0. The molecule has 18 heavy (non-hydrogen) atoms. The molecule has 0 spiro atoms. The number of halogens is 1. The minimum absolute atomic E-state index is 0.123. The normalized spacial score (nSPS) is 13.6. The van der Waals surface area contributed by atoms with E-state index >= 15 is 0 Å². The summed E-state index contributed by atoms with van der Waals surface area (Å²) < 4.78 is 13.1. The quantitative estimate of drug-likeness (QED) is 0.199. The standard InChI is InChI=1S/C12H18FN3O2/c1-8(17)4-5-15-7-9-2-3-10(13)6-11(9)12(14)16-18/h2-3,6,8,15,17-18H,4-5,7H2,1H3,(H2,14,16). The van der Waals surface area contributed by atoms with Crippen molar-refractivity contribution in [3.8, 4) is 0 Å². The minimum Gasteiger partial charge on any atom is -0.409 e. The van der Waals surface area contributed by atoms with Crippen molar-refractivity contribution in [1.82, 2.24) is 5.32 Å². The van der Waals surface area contributed by atoms with Gasteiger partial charge >= 0.3 is 0 Å². The predicted molar refractivity (Wildman–Crippen MR) is 66.9 cm³/mol. The van der Waals surface area contributed by atoms with E-state index in [2.05, 4.69) is 10.5 Å². The molecule has 1 aromatic rings. The average molecular weight is 255 g/mol. The molecule has 1 aromatic carbocycles. The molecule has 0 aliphatic rings. The number of hydrogen-bond donors (Lipinski definition) is 4. The molecular weight excluding hydrogens is 237 g/mol. The van der Waals surface area contributed by atoms with Gasteiger partial charge in [-0.3, -0.25) is 0 Å². The highest BCUT2D eigenvalue weighted by molar-refractivity contribution is 5.98. The van der Waals surface area contributed by atoms with Crippen LogP contribution in [0.1, 0.15) is 24.5 Å². The van der Waals surface area contributed by atoms with Gasteiger partial charge in [0.15, 0.2) is 5.84 Å². The Morgan fingerprint density at radius 2 is 2.28 bits per heavy atom. The van der Waals surface area contributed by atoms with Crippen molar-refractivity contribution >= 4 is 5.84 Å². The molecule has 0 saturated carbocycles. The molecule has 1 unspecified atom stereocenters. The summed E-state index contributed by atoms with van der Waals surface area (Å²) in [6, 6.07) is 4.12. The number of hydrogen-bond acceptors (Lipinski definition) is 4. The van der Waals surface area contributed by atoms with E-state index in [-0.39, 0.29) is 11.9 Å². The number of benzene rings is 1. The van der Waals surface area contributed by atoms with Crippen LogP contribution in [-0.4, -0.2) is 28.8 Å². The van der Waals surface area contributed by atoms with Crippen LogP contribution in [-0.2, 0) is 6.54 Å². The highest BCUT2D eigenvalue weighted by atomic mass is 19.1. The maximum Gasteiger partial charge on any atom is 0.170 e. The average Bonchev–Trinajstić information content (AvgIpc) is 2.34. The minimum atomic E-state index is -0.440. The molecule has 0 aliphatic carbocycles. The van der Waals surface area contributed by atoms with E-state index < -0.39 is 5.82 Å². The van der Waals surface area contributed by atoms with Gasteiger partial charge in [0, 0.05) is 12.1 Å². The van der Waals surface area contributed by atoms with Gasteiger partial charge in [0.1, 0.15) is 5.82 Å². The first-order valence-corrected chi connectivity index (χ1v) is 5.69. The van der Waals surface area contributed by atoms with E-state index in [1.807, 2.05) is 0 Å². The van der Waals surface area contributed by atoms with E-state index in [4.69, 9.17) is 16.0 Å². The Morgan fingerprint density at radius 1 is 1.56 bits per heavy atom. The summed E-state index contributed by atoms with van der Waals surface area (Å²) in [5.41, 5.74) is 6.58. The summed E-state index contributed by atoms with van der Waals surface area (Å²) in [6.45, 7) is 2.80. The number of aliphatic hydroxyl groups is 1. The van der Waals surface area contributed by atoms with Crippen molar-refractivity contribution in [3.63, 3.8) is 0 Å². The summed E-state index contributed by atoms with van der Waals surface area (Å²) in [6.07, 6.45) is 0.259. The molecule has 0 radical (unpaired) electrons. The number of nitrogens with zero attached hydrogens (tertiary/aromatic N) is 1. The van der Waals surface area contributed by atoms with Gasteiger partial charge < -0.3 is 21.4 Å². The molecule has 100 valence electrons. The summed E-state index contributed by atoms with van der Waals surface area (Å²) in [5.74, 6) is -0.564. The highest BCUT2D eigenvalue weighted by Gasteiger charge is 2.08. The van der Waals surface area contributed by atoms with Crippen LogP contribution in [0, 0.1) is 5.82 Å². The number of rotatable bonds is 6. The monoisotopic (exact) mass is 255 g/mol. The molecule has 5 nitrogen and oxygen atoms in total. The fourth-order valence-electron chi connectivity index (χ4n) is 1.53. The van der Waals surface area contributed by atoms with E-state index in [0.717, 1.165) is 5.56 Å². The zero-order valence-electron chi connectivity index (χ0n) is 10.2. The first-order valence-electron chi connectivity index (χ1n) is 5.69. The maximum absolute atomic E-state index is 13.1. The Kier molecular flexibility index (Phi) is 5.54. The highest BCUT2D eigenvalue weighted by Crippen LogP contribution is 2.11. The smallest absolute Gasteiger partial charge is 0.170 e. The van der Waals surface area contributed by atoms with Gasteiger partial charge in [-0.15, -0.1) is 0 Å². The van der Waals surface area contributed by atoms with Crippen LogP contribution < -0.4 is 11.1 Å². The zero-order valence-corrected chi connectivity index (χ0v) is 10.2. The lowest BCUT2D eigenvalue weighted by atomic mass is 10.1. The number of nitrogens with two attached hydrogens (primary N) is 1. The van der Waals surface area contributed by atoms with E-state index in [9.17, 15) is 4.39 Å². The van der Waals surface area contributed by atoms with Gasteiger partial charge in [-0.25, -0.2) is 4.39 Å². The summed E-state index contributed by atoms with van der Waals surface area (Å²) in [5, 5.41) is 23.7. The van der Waals surface area contributed by atoms with Gasteiger partial charge in [0.25, 0.3) is 0 Å². The Morgan fingerprint density at radius 3 is 2.89 bits per heavy atom. The Hall–Kier alpha value is -1.66. The predicted octanol–water partition coefficient (Wildman–Crippen LogP) is 0.781. The molecule has 0 amide bonds. The third kappa shape index (κ3) is 4.31. The second-order valence-corrected chi connectivity index (χ2v) is 4.10. The van der Waals surface area contributed by atoms with Crippen molar-refractivity contribution in [2.75, 3.05) is 6.54 Å². The lowest BCUT2D eigenvalue weighted by molar-refractivity contribution is 0.183. The van der Waals surface area contributed by atoms with Crippen LogP contribution in [0.3, 0.4) is 0 Å². The third-order valence-electron chi connectivity index (χ3n) is 2.51. The lowest BCUT2D eigenvalue weighted by Gasteiger charge is -2.10. The van der Waals surface area contributed by atoms with Crippen LogP contribution in [0.2, 0.25) is 0 Å². The third-order valence-corrected chi connectivity index (χ3v) is 2.51. The maximum atomic E-state index is 13.1. The topological polar surface area (TPSA) is 90.9 Å². The van der Waals surface area contributed by atoms with Crippen molar-refractivity contribution in [1.29, 1.82) is 0 Å². The van der Waals surface area contributed by atoms with Crippen molar-refractivity contribution in [2.24, 2.45) is 10.9 Å². The molecule has 0 saturated heterocycles. The van der Waals surface area contributed by atoms with Crippen molar-refractivity contribution in [2.45, 2.75) is 26.0 Å². The lowest BCUT2D eigenvalue weighted by Crippen LogP contribution is -2.22. The first kappa shape index (κ1) is 14.4. The van der Waals surface area contributed by atoms with Crippen LogP contribution >= 0.6 is 0 Å². The molecule has 6 heteroatoms. The molecule has 0 bridgehead atoms. The van der Waals surface area contributed by atoms with Gasteiger partial charge in [0.05, 0.1) is 6.10 Å². The van der Waals surface area contributed by atoms with Crippen LogP contribution in [0.5, 0.6) is 0 Å². The molecular formula is C12H18FN3O2. The molecule has 1 atom stereocenters. The molecule has 0 fully saturated rings. The zero-order chi connectivity index (χ0) is 13.5. The molecule has 1 rings (SSSR count). The van der Waals surface area contributed by atoms with Gasteiger partial charge in [-0.1, -0.05) is 11.2 Å². The van der Waals surface area contributed by atoms with E-state index in [0.29, 0.717) is 25.1 Å². The van der Waals surface area contributed by atoms with Gasteiger partial charge in [-0.05, 0) is 37.6 Å². The Labute approximate surface area is 105 Å². The number of amidine groups is 1. The van der Waals surface area contributed by atoms with Crippen LogP contribution in [0.25, 0.3) is 0 Å². The molecule has 0 aliphatic heterocycles. The fourth-order valence-corrected chi connectivity index (χ4v) is 1.53. The fraction of sp³-hybridized carbons (Fsp3) is 0.417. The number of oxime groups is 1. The van der Waals surface area contributed by atoms with Gasteiger partial charge in [-0.2, -0.15) is 0 Å². The summed E-state index contributed by atoms with van der Waals surface area (Å²) in [4.78, 5) is 0. The van der Waals surface area contributed by atoms with Gasteiger partial charge in [0.2, 0.25) is 0 Å². The molecule has 0 heterocycles. The van der Waals surface area contributed by atoms with Crippen LogP contribution in [0.15, 0.2) is 23.4 Å². The largest absolute Gasteiger partial charge is 0.409 e. The number of aliphatic hydroxyl groups excluding tert-OH is 1. The second-order valence-electron chi connectivity index (χ2n) is 4.10. The van der Waals surface area contributed by atoms with E-state index in [1.54, 1.807) is 13.0 Å². The van der Waals surface area contributed by atoms with Crippen molar-refractivity contribution < 1.29 is 14.7 Å². The Bertz CT molecular complexity index is 422. The molecule has 0 aromatic heterocycles. The number of nitrogens with one attached hydrogen (secondary N) is 1. The first-order chi connectivity index (χ1) is 8.54. The second kappa shape index (κ2) is 6.93. The summed E-state index contributed by atoms with van der Waals surface area (Å²) >= 11 is 0. The van der Waals surface area contributed by atoms with Crippen molar-refractivity contribution in [3.05, 3.63) is 35.1 Å². The molecule has 5 N–H and O–H groups in total. The SMILES string of the molecule is CC(O)CCNCc1ccc(F)cc1C(N)=NO. The van der Waals surface area contributed by atoms with Crippen LogP contribution in [0.4, 0.5) is 4.39 Å².